The van der Waals surface area contributed by atoms with Crippen molar-refractivity contribution >= 4 is 27.4 Å². The van der Waals surface area contributed by atoms with Gasteiger partial charge < -0.3 is 10.6 Å². The van der Waals surface area contributed by atoms with Gasteiger partial charge in [-0.1, -0.05) is 6.42 Å². The molecule has 3 aromatic heterocycles. The third-order valence-electron chi connectivity index (χ3n) is 5.32. The van der Waals surface area contributed by atoms with Gasteiger partial charge in [0.05, 0.1) is 17.6 Å². The lowest BCUT2D eigenvalue weighted by Gasteiger charge is -2.13. The number of aryl methyl sites for hydroxylation is 1. The highest BCUT2D eigenvalue weighted by Crippen LogP contribution is 2.35. The Morgan fingerprint density at radius 1 is 1.08 bits per heavy atom. The Balaban J connectivity index is 1.45. The van der Waals surface area contributed by atoms with Crippen molar-refractivity contribution < 1.29 is 0 Å². The molecule has 0 bridgehead atoms. The molecule has 0 saturated heterocycles. The van der Waals surface area contributed by atoms with Crippen molar-refractivity contribution in [1.82, 2.24) is 25.5 Å². The molecule has 25 heavy (non-hydrogen) atoms. The number of rotatable bonds is 3. The molecule has 0 saturated carbocycles. The van der Waals surface area contributed by atoms with Crippen LogP contribution in [0.4, 0.5) is 5.82 Å². The Bertz CT molecular complexity index is 912. The standard InChI is InChI=1S/C18H22N6S/c1-2-4-11-13(5-3-1)23-24-14(11)8-20-17-16-12-6-7-19-9-15(12)25-18(16)22-10-21-17/h10,19H,1-9H2,(H,23,24)(H,20,21,22). The molecule has 1 aliphatic carbocycles. The first-order valence-corrected chi connectivity index (χ1v) is 9.96. The second-order valence-corrected chi connectivity index (χ2v) is 7.96. The van der Waals surface area contributed by atoms with Crippen LogP contribution < -0.4 is 10.6 Å². The summed E-state index contributed by atoms with van der Waals surface area (Å²) < 4.78 is 0. The second kappa shape index (κ2) is 6.38. The molecule has 0 atom stereocenters. The molecule has 0 amide bonds. The van der Waals surface area contributed by atoms with Crippen molar-refractivity contribution in [2.45, 2.75) is 51.6 Å². The highest BCUT2D eigenvalue weighted by atomic mass is 32.1. The number of hydrogen-bond donors (Lipinski definition) is 3. The van der Waals surface area contributed by atoms with Crippen LogP contribution >= 0.6 is 11.3 Å². The van der Waals surface area contributed by atoms with Gasteiger partial charge in [0.2, 0.25) is 0 Å². The number of nitrogens with zero attached hydrogens (tertiary/aromatic N) is 3. The fourth-order valence-corrected chi connectivity index (χ4v) is 5.19. The first-order chi connectivity index (χ1) is 12.4. The van der Waals surface area contributed by atoms with Crippen molar-refractivity contribution in [1.29, 1.82) is 0 Å². The van der Waals surface area contributed by atoms with Gasteiger partial charge in [0, 0.05) is 17.1 Å². The number of thiophene rings is 1. The number of fused-ring (bicyclic) bond motifs is 4. The molecule has 0 spiro atoms. The predicted molar refractivity (Wildman–Crippen MR) is 100.0 cm³/mol. The summed E-state index contributed by atoms with van der Waals surface area (Å²) in [5, 5.41) is 16.0. The largest absolute Gasteiger partial charge is 0.364 e. The molecule has 1 aliphatic heterocycles. The molecule has 3 N–H and O–H groups in total. The molecular formula is C18H22N6S. The zero-order chi connectivity index (χ0) is 16.6. The van der Waals surface area contributed by atoms with E-state index < -0.39 is 0 Å². The van der Waals surface area contributed by atoms with E-state index in [1.807, 2.05) is 0 Å². The average Bonchev–Trinajstić information content (AvgIpc) is 3.13. The van der Waals surface area contributed by atoms with E-state index in [0.29, 0.717) is 0 Å². The maximum atomic E-state index is 4.57. The van der Waals surface area contributed by atoms with E-state index in [-0.39, 0.29) is 0 Å². The average molecular weight is 354 g/mol. The summed E-state index contributed by atoms with van der Waals surface area (Å²) in [7, 11) is 0. The Morgan fingerprint density at radius 3 is 3.04 bits per heavy atom. The van der Waals surface area contributed by atoms with E-state index in [0.717, 1.165) is 55.2 Å². The minimum Gasteiger partial charge on any atom is -0.364 e. The molecular weight excluding hydrogens is 332 g/mol. The summed E-state index contributed by atoms with van der Waals surface area (Å²) in [4.78, 5) is 11.5. The maximum Gasteiger partial charge on any atom is 0.138 e. The van der Waals surface area contributed by atoms with Gasteiger partial charge in [-0.25, -0.2) is 9.97 Å². The normalized spacial score (nSPS) is 17.1. The van der Waals surface area contributed by atoms with Crippen LogP contribution in [0.2, 0.25) is 0 Å². The van der Waals surface area contributed by atoms with Crippen LogP contribution in [0.25, 0.3) is 10.2 Å². The minimum absolute atomic E-state index is 0.723. The van der Waals surface area contributed by atoms with Gasteiger partial charge in [0.1, 0.15) is 17.0 Å². The van der Waals surface area contributed by atoms with E-state index in [2.05, 4.69) is 30.8 Å². The molecule has 0 aromatic carbocycles. The van der Waals surface area contributed by atoms with E-state index in [9.17, 15) is 0 Å². The maximum absolute atomic E-state index is 4.57. The predicted octanol–water partition coefficient (Wildman–Crippen LogP) is 2.94. The van der Waals surface area contributed by atoms with Crippen LogP contribution in [0.1, 0.15) is 46.7 Å². The summed E-state index contributed by atoms with van der Waals surface area (Å²) >= 11 is 1.79. The quantitative estimate of drug-likeness (QED) is 0.630. The Labute approximate surface area is 150 Å². The van der Waals surface area contributed by atoms with Crippen molar-refractivity contribution in [3.8, 4) is 0 Å². The minimum atomic E-state index is 0.723. The molecule has 130 valence electrons. The number of aromatic nitrogens is 4. The van der Waals surface area contributed by atoms with Crippen molar-refractivity contribution in [3.05, 3.63) is 33.7 Å². The van der Waals surface area contributed by atoms with Gasteiger partial charge in [-0.05, 0) is 49.8 Å². The monoisotopic (exact) mass is 354 g/mol. The molecule has 2 aliphatic rings. The smallest absolute Gasteiger partial charge is 0.138 e. The summed E-state index contributed by atoms with van der Waals surface area (Å²) in [5.41, 5.74) is 5.32. The van der Waals surface area contributed by atoms with Gasteiger partial charge >= 0.3 is 0 Å². The van der Waals surface area contributed by atoms with E-state index in [1.165, 1.54) is 46.3 Å². The van der Waals surface area contributed by atoms with E-state index in [4.69, 9.17) is 0 Å². The second-order valence-electron chi connectivity index (χ2n) is 6.87. The SMILES string of the molecule is c1nc(NCc2n[nH]c3c2CCCCC3)c2c3c(sc2n1)CNCC3. The molecule has 0 unspecified atom stereocenters. The summed E-state index contributed by atoms with van der Waals surface area (Å²) in [5.74, 6) is 0.953. The lowest BCUT2D eigenvalue weighted by Crippen LogP contribution is -2.22. The molecule has 6 nitrogen and oxygen atoms in total. The number of anilines is 1. The number of aromatic amines is 1. The van der Waals surface area contributed by atoms with Crippen LogP contribution in [0.3, 0.4) is 0 Å². The van der Waals surface area contributed by atoms with Crippen molar-refractivity contribution in [2.24, 2.45) is 0 Å². The molecule has 7 heteroatoms. The lowest BCUT2D eigenvalue weighted by atomic mass is 10.1. The first kappa shape index (κ1) is 15.3. The Morgan fingerprint density at radius 2 is 2.04 bits per heavy atom. The topological polar surface area (TPSA) is 78.5 Å². The van der Waals surface area contributed by atoms with Gasteiger partial charge in [0.25, 0.3) is 0 Å². The first-order valence-electron chi connectivity index (χ1n) is 9.15. The molecule has 3 aromatic rings. The lowest BCUT2D eigenvalue weighted by molar-refractivity contribution is 0.657. The fraction of sp³-hybridized carbons (Fsp3) is 0.500. The number of nitrogens with one attached hydrogen (secondary N) is 3. The highest BCUT2D eigenvalue weighted by Gasteiger charge is 2.20. The Hall–Kier alpha value is -1.99. The number of hydrogen-bond acceptors (Lipinski definition) is 6. The van der Waals surface area contributed by atoms with Crippen LogP contribution in [0.15, 0.2) is 6.33 Å². The Kier molecular flexibility index (Phi) is 3.90. The van der Waals surface area contributed by atoms with Crippen LogP contribution in [0, 0.1) is 0 Å². The van der Waals surface area contributed by atoms with Gasteiger partial charge in [-0.15, -0.1) is 11.3 Å². The molecule has 4 heterocycles. The number of H-pyrrole nitrogens is 1. The van der Waals surface area contributed by atoms with E-state index >= 15 is 0 Å². The van der Waals surface area contributed by atoms with Crippen molar-refractivity contribution in [2.75, 3.05) is 11.9 Å². The van der Waals surface area contributed by atoms with E-state index in [1.54, 1.807) is 17.7 Å². The van der Waals surface area contributed by atoms with Gasteiger partial charge in [-0.3, -0.25) is 5.10 Å². The van der Waals surface area contributed by atoms with Gasteiger partial charge in [0.15, 0.2) is 0 Å². The highest BCUT2D eigenvalue weighted by molar-refractivity contribution is 7.18. The van der Waals surface area contributed by atoms with Crippen LogP contribution in [-0.4, -0.2) is 26.7 Å². The summed E-state index contributed by atoms with van der Waals surface area (Å²) in [6.07, 6.45) is 8.84. The summed E-state index contributed by atoms with van der Waals surface area (Å²) in [6, 6.07) is 0. The molecule has 0 fully saturated rings. The third-order valence-corrected chi connectivity index (χ3v) is 6.46. The van der Waals surface area contributed by atoms with Gasteiger partial charge in [-0.2, -0.15) is 5.10 Å². The molecule has 5 rings (SSSR count). The van der Waals surface area contributed by atoms with Crippen molar-refractivity contribution in [3.63, 3.8) is 0 Å². The summed E-state index contributed by atoms with van der Waals surface area (Å²) in [6.45, 7) is 2.70. The van der Waals surface area contributed by atoms with Crippen LogP contribution in [0.5, 0.6) is 0 Å². The van der Waals surface area contributed by atoms with Crippen LogP contribution in [-0.2, 0) is 32.4 Å². The molecule has 0 radical (unpaired) electrons. The fourth-order valence-electron chi connectivity index (χ4n) is 4.03. The zero-order valence-electron chi connectivity index (χ0n) is 14.2. The zero-order valence-corrected chi connectivity index (χ0v) is 15.0. The third kappa shape index (κ3) is 2.71.